The van der Waals surface area contributed by atoms with Gasteiger partial charge >= 0.3 is 0 Å². The highest BCUT2D eigenvalue weighted by atomic mass is 32.1. The van der Waals surface area contributed by atoms with Gasteiger partial charge in [-0.2, -0.15) is 0 Å². The van der Waals surface area contributed by atoms with E-state index in [-0.39, 0.29) is 5.43 Å². The number of methoxy groups -OCH3 is 1. The molecule has 1 aromatic heterocycles. The van der Waals surface area contributed by atoms with Crippen LogP contribution in [0.4, 0.5) is 0 Å². The van der Waals surface area contributed by atoms with Crippen LogP contribution in [0.5, 0.6) is 17.2 Å². The molecule has 0 fully saturated rings. The summed E-state index contributed by atoms with van der Waals surface area (Å²) in [6.07, 6.45) is 0. The monoisotopic (exact) mass is 270 g/mol. The molecule has 1 aliphatic rings. The molecule has 0 aliphatic carbocycles. The third-order valence-corrected chi connectivity index (χ3v) is 4.78. The van der Waals surface area contributed by atoms with E-state index in [2.05, 4.69) is 0 Å². The average molecular weight is 270 g/mol. The summed E-state index contributed by atoms with van der Waals surface area (Å²) in [7, 11) is 1.57. The Morgan fingerprint density at radius 1 is 1.21 bits per heavy atom. The van der Waals surface area contributed by atoms with Crippen LogP contribution in [0.1, 0.15) is 5.56 Å². The van der Waals surface area contributed by atoms with Crippen LogP contribution in [0, 0.1) is 6.92 Å². The Morgan fingerprint density at radius 3 is 2.79 bits per heavy atom. The molecule has 3 nitrogen and oxygen atoms in total. The van der Waals surface area contributed by atoms with E-state index in [1.165, 1.54) is 0 Å². The zero-order chi connectivity index (χ0) is 13.1. The molecule has 0 bridgehead atoms. The van der Waals surface area contributed by atoms with Gasteiger partial charge in [0.05, 0.1) is 12.5 Å². The fourth-order valence-electron chi connectivity index (χ4n) is 2.50. The lowest BCUT2D eigenvalue weighted by atomic mass is 10.1. The van der Waals surface area contributed by atoms with Gasteiger partial charge in [0.25, 0.3) is 0 Å². The minimum Gasteiger partial charge on any atom is -0.492 e. The molecule has 4 rings (SSSR count). The summed E-state index contributed by atoms with van der Waals surface area (Å²) >= 11 is 1.61. The smallest absolute Gasteiger partial charge is 0.213 e. The first-order valence-corrected chi connectivity index (χ1v) is 6.78. The van der Waals surface area contributed by atoms with Crippen LogP contribution in [0.2, 0.25) is 0 Å². The topological polar surface area (TPSA) is 38.8 Å². The van der Waals surface area contributed by atoms with Crippen molar-refractivity contribution < 1.29 is 9.47 Å². The van der Waals surface area contributed by atoms with E-state index in [4.69, 9.17) is 9.47 Å². The van der Waals surface area contributed by atoms with Gasteiger partial charge in [-0.25, -0.2) is 0 Å². The summed E-state index contributed by atoms with van der Waals surface area (Å²) in [5, 5.41) is 1.37. The van der Waals surface area contributed by atoms with Crippen molar-refractivity contribution in [1.82, 2.24) is 0 Å². The van der Waals surface area contributed by atoms with Crippen LogP contribution >= 0.6 is 11.3 Å². The van der Waals surface area contributed by atoms with Crippen LogP contribution in [0.25, 0.3) is 20.2 Å². The molecule has 4 heteroatoms. The molecule has 0 amide bonds. The number of aryl methyl sites for hydroxylation is 1. The quantitative estimate of drug-likeness (QED) is 0.389. The number of rotatable bonds is 1. The van der Waals surface area contributed by atoms with Gasteiger partial charge in [0.2, 0.25) is 5.75 Å². The Balaban J connectivity index is 2.34. The SMILES string of the molecule is COc1c2c(c(C)c3sc4ccccc4c(=O)c13)O2. The van der Waals surface area contributed by atoms with Crippen molar-refractivity contribution in [3.63, 3.8) is 0 Å². The van der Waals surface area contributed by atoms with Crippen molar-refractivity contribution in [2.24, 2.45) is 0 Å². The largest absolute Gasteiger partial charge is 0.492 e. The number of benzene rings is 2. The highest BCUT2D eigenvalue weighted by molar-refractivity contribution is 7.24. The highest BCUT2D eigenvalue weighted by Gasteiger charge is 2.33. The van der Waals surface area contributed by atoms with Crippen LogP contribution in [-0.2, 0) is 0 Å². The molecule has 0 N–H and O–H groups in total. The molecule has 0 radical (unpaired) electrons. The predicted octanol–water partition coefficient (Wildman–Crippen LogP) is 3.84. The van der Waals surface area contributed by atoms with Gasteiger partial charge in [-0.3, -0.25) is 4.79 Å². The van der Waals surface area contributed by atoms with E-state index in [1.807, 2.05) is 31.2 Å². The van der Waals surface area contributed by atoms with Crippen molar-refractivity contribution in [1.29, 1.82) is 0 Å². The van der Waals surface area contributed by atoms with Gasteiger partial charge in [-0.1, -0.05) is 12.1 Å². The molecule has 0 atom stereocenters. The summed E-state index contributed by atoms with van der Waals surface area (Å²) in [6.45, 7) is 1.98. The molecule has 0 unspecified atom stereocenters. The third-order valence-electron chi connectivity index (χ3n) is 3.49. The van der Waals surface area contributed by atoms with Crippen molar-refractivity contribution in [2.75, 3.05) is 7.11 Å². The average Bonchev–Trinajstić information content (AvgIpc) is 3.21. The summed E-state index contributed by atoms with van der Waals surface area (Å²) in [6, 6.07) is 7.66. The zero-order valence-electron chi connectivity index (χ0n) is 10.4. The molecular formula is C15H10O3S. The maximum absolute atomic E-state index is 12.7. The first kappa shape index (κ1) is 10.8. The minimum atomic E-state index is 0.0163. The van der Waals surface area contributed by atoms with Gasteiger partial charge in [0.1, 0.15) is 0 Å². The summed E-state index contributed by atoms with van der Waals surface area (Å²) < 4.78 is 12.8. The van der Waals surface area contributed by atoms with Gasteiger partial charge in [0.15, 0.2) is 16.9 Å². The summed E-state index contributed by atoms with van der Waals surface area (Å²) in [5.74, 6) is 2.14. The van der Waals surface area contributed by atoms with Gasteiger partial charge in [-0.05, 0) is 19.1 Å². The Bertz CT molecular complexity index is 909. The van der Waals surface area contributed by atoms with E-state index >= 15 is 0 Å². The molecule has 0 saturated heterocycles. The van der Waals surface area contributed by atoms with E-state index in [1.54, 1.807) is 18.4 Å². The second-order valence-corrected chi connectivity index (χ2v) is 5.60. The summed E-state index contributed by atoms with van der Waals surface area (Å²) in [5.41, 5.74) is 1.04. The van der Waals surface area contributed by atoms with E-state index in [9.17, 15) is 4.79 Å². The number of ether oxygens (including phenoxy) is 2. The number of fused-ring (bicyclic) bond motifs is 3. The lowest BCUT2D eigenvalue weighted by Crippen LogP contribution is -2.02. The molecule has 3 aromatic rings. The van der Waals surface area contributed by atoms with Crippen molar-refractivity contribution in [3.05, 3.63) is 40.1 Å². The Labute approximate surface area is 113 Å². The fourth-order valence-corrected chi connectivity index (χ4v) is 3.67. The minimum absolute atomic E-state index is 0.0163. The standard InChI is InChI=1S/C15H10O3S/c1-7-12-14(18-12)13(17-2)10-11(16)8-5-3-4-6-9(8)19-15(7)10/h3-6H,1-2H3. The normalized spacial score (nSPS) is 12.3. The Kier molecular flexibility index (Phi) is 1.98. The van der Waals surface area contributed by atoms with E-state index in [0.29, 0.717) is 16.9 Å². The third kappa shape index (κ3) is 1.29. The van der Waals surface area contributed by atoms with Crippen molar-refractivity contribution >= 4 is 31.5 Å². The van der Waals surface area contributed by atoms with Crippen LogP contribution in [-0.4, -0.2) is 7.11 Å². The fraction of sp³-hybridized carbons (Fsp3) is 0.133. The van der Waals surface area contributed by atoms with Gasteiger partial charge in [0, 0.05) is 20.3 Å². The second kappa shape index (κ2) is 3.48. The Hall–Kier alpha value is -2.07. The van der Waals surface area contributed by atoms with Crippen molar-refractivity contribution in [3.8, 4) is 17.2 Å². The van der Waals surface area contributed by atoms with E-state index in [0.717, 1.165) is 26.1 Å². The Morgan fingerprint density at radius 2 is 2.00 bits per heavy atom. The maximum atomic E-state index is 12.7. The molecule has 0 saturated carbocycles. The number of hydrogen-bond donors (Lipinski definition) is 0. The first-order chi connectivity index (χ1) is 9.22. The van der Waals surface area contributed by atoms with Crippen molar-refractivity contribution in [2.45, 2.75) is 6.92 Å². The predicted molar refractivity (Wildman–Crippen MR) is 77.0 cm³/mol. The van der Waals surface area contributed by atoms with Crippen LogP contribution < -0.4 is 14.9 Å². The molecule has 0 spiro atoms. The second-order valence-electron chi connectivity index (χ2n) is 4.55. The van der Waals surface area contributed by atoms with Gasteiger partial charge in [-0.15, -0.1) is 11.3 Å². The molecule has 2 aromatic carbocycles. The first-order valence-electron chi connectivity index (χ1n) is 5.96. The lowest BCUT2D eigenvalue weighted by molar-refractivity contribution is 0.413. The maximum Gasteiger partial charge on any atom is 0.213 e. The molecule has 19 heavy (non-hydrogen) atoms. The molecular weight excluding hydrogens is 260 g/mol. The summed E-state index contributed by atoms with van der Waals surface area (Å²) in [4.78, 5) is 12.7. The van der Waals surface area contributed by atoms with Crippen LogP contribution in [0.15, 0.2) is 29.1 Å². The molecule has 2 heterocycles. The molecule has 1 aliphatic heterocycles. The lowest BCUT2D eigenvalue weighted by Gasteiger charge is -2.05. The molecule has 94 valence electrons. The number of hydrogen-bond acceptors (Lipinski definition) is 4. The van der Waals surface area contributed by atoms with E-state index < -0.39 is 0 Å². The van der Waals surface area contributed by atoms with Gasteiger partial charge < -0.3 is 9.47 Å². The zero-order valence-corrected chi connectivity index (χ0v) is 11.3. The van der Waals surface area contributed by atoms with Crippen LogP contribution in [0.3, 0.4) is 0 Å². The highest BCUT2D eigenvalue weighted by Crippen LogP contribution is 2.58.